The normalized spacial score (nSPS) is 10.3. The van der Waals surface area contributed by atoms with Gasteiger partial charge in [-0.3, -0.25) is 0 Å². The van der Waals surface area contributed by atoms with Crippen molar-refractivity contribution < 1.29 is 0 Å². The van der Waals surface area contributed by atoms with Gasteiger partial charge in [0.05, 0.1) is 0 Å². The first-order valence-electron chi connectivity index (χ1n) is 5.57. The molecule has 18 heavy (non-hydrogen) atoms. The molecule has 4 nitrogen and oxygen atoms in total. The van der Waals surface area contributed by atoms with Crippen LogP contribution in [0.3, 0.4) is 0 Å². The summed E-state index contributed by atoms with van der Waals surface area (Å²) >= 11 is 3.08. The Kier molecular flexibility index (Phi) is 4.83. The monoisotopic (exact) mass is 278 g/mol. The Balaban J connectivity index is 2.24. The maximum atomic E-state index is 4.46. The maximum absolute atomic E-state index is 4.46. The standard InChI is InChI=1S/C12H14N4S2/c1-3-13-9-8-11(16-12(15-9)17-2)18-10-6-4-5-7-14-10/h4-8H,3H2,1-2H3,(H,13,15,16). The van der Waals surface area contributed by atoms with E-state index in [1.807, 2.05) is 37.4 Å². The number of thioether (sulfide) groups is 1. The summed E-state index contributed by atoms with van der Waals surface area (Å²) in [6, 6.07) is 7.79. The zero-order chi connectivity index (χ0) is 12.8. The topological polar surface area (TPSA) is 50.7 Å². The van der Waals surface area contributed by atoms with Crippen LogP contribution < -0.4 is 5.32 Å². The molecule has 0 aromatic carbocycles. The van der Waals surface area contributed by atoms with Crippen LogP contribution in [-0.2, 0) is 0 Å². The van der Waals surface area contributed by atoms with Gasteiger partial charge in [0, 0.05) is 18.8 Å². The van der Waals surface area contributed by atoms with Crippen molar-refractivity contribution in [3.05, 3.63) is 30.5 Å². The summed E-state index contributed by atoms with van der Waals surface area (Å²) in [6.45, 7) is 2.89. The molecule has 2 aromatic heterocycles. The van der Waals surface area contributed by atoms with Gasteiger partial charge >= 0.3 is 0 Å². The average Bonchev–Trinajstić information content (AvgIpc) is 2.40. The van der Waals surface area contributed by atoms with Crippen LogP contribution in [0.25, 0.3) is 0 Å². The lowest BCUT2D eigenvalue weighted by atomic mass is 10.5. The highest BCUT2D eigenvalue weighted by Gasteiger charge is 2.05. The third-order valence-electron chi connectivity index (χ3n) is 2.07. The van der Waals surface area contributed by atoms with Gasteiger partial charge in [-0.25, -0.2) is 15.0 Å². The fraction of sp³-hybridized carbons (Fsp3) is 0.250. The second-order valence-corrected chi connectivity index (χ2v) is 5.19. The minimum absolute atomic E-state index is 0.770. The number of nitrogens with one attached hydrogen (secondary N) is 1. The van der Waals surface area contributed by atoms with Crippen molar-refractivity contribution in [1.82, 2.24) is 15.0 Å². The molecule has 0 aliphatic heterocycles. The summed E-state index contributed by atoms with van der Waals surface area (Å²) in [6.07, 6.45) is 3.75. The molecule has 1 N–H and O–H groups in total. The van der Waals surface area contributed by atoms with Gasteiger partial charge < -0.3 is 5.32 Å². The summed E-state index contributed by atoms with van der Waals surface area (Å²) < 4.78 is 0. The van der Waals surface area contributed by atoms with Crippen molar-refractivity contribution >= 4 is 29.3 Å². The fourth-order valence-electron chi connectivity index (χ4n) is 1.33. The highest BCUT2D eigenvalue weighted by Crippen LogP contribution is 2.27. The summed E-state index contributed by atoms with van der Waals surface area (Å²) in [4.78, 5) is 13.1. The van der Waals surface area contributed by atoms with Gasteiger partial charge in [0.1, 0.15) is 15.9 Å². The van der Waals surface area contributed by atoms with E-state index in [0.717, 1.165) is 27.6 Å². The predicted molar refractivity (Wildman–Crippen MR) is 76.3 cm³/mol. The van der Waals surface area contributed by atoms with Gasteiger partial charge in [-0.1, -0.05) is 17.8 Å². The number of hydrogen-bond donors (Lipinski definition) is 1. The van der Waals surface area contributed by atoms with E-state index in [9.17, 15) is 0 Å². The van der Waals surface area contributed by atoms with Crippen LogP contribution in [0.5, 0.6) is 0 Å². The van der Waals surface area contributed by atoms with Gasteiger partial charge in [-0.15, -0.1) is 0 Å². The molecule has 2 aromatic rings. The van der Waals surface area contributed by atoms with Crippen LogP contribution in [0.15, 0.2) is 45.7 Å². The Hall–Kier alpha value is -1.27. The van der Waals surface area contributed by atoms with Gasteiger partial charge in [0.15, 0.2) is 5.16 Å². The van der Waals surface area contributed by atoms with Crippen LogP contribution in [0.2, 0.25) is 0 Å². The van der Waals surface area contributed by atoms with E-state index in [0.29, 0.717) is 0 Å². The summed E-state index contributed by atoms with van der Waals surface area (Å²) in [5, 5.41) is 5.82. The van der Waals surface area contributed by atoms with Crippen LogP contribution in [0.4, 0.5) is 5.82 Å². The van der Waals surface area contributed by atoms with E-state index in [1.165, 1.54) is 11.8 Å². The molecule has 0 saturated heterocycles. The molecule has 2 rings (SSSR count). The van der Waals surface area contributed by atoms with Crippen molar-refractivity contribution in [2.75, 3.05) is 18.1 Å². The molecule has 0 fully saturated rings. The zero-order valence-corrected chi connectivity index (χ0v) is 11.9. The second-order valence-electron chi connectivity index (χ2n) is 3.38. The Bertz CT molecular complexity index is 505. The third kappa shape index (κ3) is 3.61. The molecule has 0 aliphatic carbocycles. The number of hydrogen-bond acceptors (Lipinski definition) is 6. The van der Waals surface area contributed by atoms with Crippen LogP contribution in [0.1, 0.15) is 6.92 Å². The van der Waals surface area contributed by atoms with E-state index in [1.54, 1.807) is 18.0 Å². The molecule has 0 spiro atoms. The van der Waals surface area contributed by atoms with E-state index < -0.39 is 0 Å². The Morgan fingerprint density at radius 3 is 2.78 bits per heavy atom. The Morgan fingerprint density at radius 1 is 1.22 bits per heavy atom. The predicted octanol–water partition coefficient (Wildman–Crippen LogP) is 3.18. The van der Waals surface area contributed by atoms with Gasteiger partial charge in [0.25, 0.3) is 0 Å². The highest BCUT2D eigenvalue weighted by molar-refractivity contribution is 7.99. The number of nitrogens with zero attached hydrogens (tertiary/aromatic N) is 3. The summed E-state index contributed by atoms with van der Waals surface area (Å²) in [5.41, 5.74) is 0. The quantitative estimate of drug-likeness (QED) is 0.515. The zero-order valence-electron chi connectivity index (χ0n) is 10.3. The molecule has 0 unspecified atom stereocenters. The van der Waals surface area contributed by atoms with E-state index in [2.05, 4.69) is 20.3 Å². The summed E-state index contributed by atoms with van der Waals surface area (Å²) in [7, 11) is 0. The van der Waals surface area contributed by atoms with Crippen molar-refractivity contribution in [3.8, 4) is 0 Å². The smallest absolute Gasteiger partial charge is 0.190 e. The first-order valence-corrected chi connectivity index (χ1v) is 7.61. The Labute approximate surface area is 115 Å². The van der Waals surface area contributed by atoms with Gasteiger partial charge in [-0.05, 0) is 37.1 Å². The summed E-state index contributed by atoms with van der Waals surface area (Å²) in [5.74, 6) is 0.857. The Morgan fingerprint density at radius 2 is 2.11 bits per heavy atom. The molecule has 0 amide bonds. The highest BCUT2D eigenvalue weighted by atomic mass is 32.2. The molecule has 0 radical (unpaired) electrons. The first kappa shape index (κ1) is 13.2. The second kappa shape index (κ2) is 6.61. The molecule has 2 heterocycles. The molecule has 94 valence electrons. The van der Waals surface area contributed by atoms with E-state index in [4.69, 9.17) is 0 Å². The van der Waals surface area contributed by atoms with Crippen molar-refractivity contribution in [3.63, 3.8) is 0 Å². The number of pyridine rings is 1. The lowest BCUT2D eigenvalue weighted by molar-refractivity contribution is 0.889. The average molecular weight is 278 g/mol. The number of anilines is 1. The first-order chi connectivity index (χ1) is 8.81. The maximum Gasteiger partial charge on any atom is 0.190 e. The van der Waals surface area contributed by atoms with Gasteiger partial charge in [0.2, 0.25) is 0 Å². The molecule has 0 aliphatic rings. The molecular weight excluding hydrogens is 264 g/mol. The number of rotatable bonds is 5. The molecule has 0 atom stereocenters. The van der Waals surface area contributed by atoms with Crippen molar-refractivity contribution in [2.45, 2.75) is 22.1 Å². The van der Waals surface area contributed by atoms with Crippen LogP contribution >= 0.6 is 23.5 Å². The molecule has 0 bridgehead atoms. The minimum atomic E-state index is 0.770. The van der Waals surface area contributed by atoms with Crippen molar-refractivity contribution in [1.29, 1.82) is 0 Å². The van der Waals surface area contributed by atoms with Crippen LogP contribution in [0, 0.1) is 0 Å². The lowest BCUT2D eigenvalue weighted by Gasteiger charge is -2.06. The number of aromatic nitrogens is 3. The van der Waals surface area contributed by atoms with E-state index in [-0.39, 0.29) is 0 Å². The SMILES string of the molecule is CCNc1cc(Sc2ccccn2)nc(SC)n1. The van der Waals surface area contributed by atoms with E-state index >= 15 is 0 Å². The fourth-order valence-corrected chi connectivity index (χ4v) is 2.55. The lowest BCUT2D eigenvalue weighted by Crippen LogP contribution is -2.01. The molecule has 6 heteroatoms. The minimum Gasteiger partial charge on any atom is -0.370 e. The molecular formula is C12H14N4S2. The largest absolute Gasteiger partial charge is 0.370 e. The van der Waals surface area contributed by atoms with Gasteiger partial charge in [-0.2, -0.15) is 0 Å². The third-order valence-corrected chi connectivity index (χ3v) is 3.49. The van der Waals surface area contributed by atoms with Crippen LogP contribution in [-0.4, -0.2) is 27.8 Å². The molecule has 0 saturated carbocycles. The van der Waals surface area contributed by atoms with Crippen molar-refractivity contribution in [2.24, 2.45) is 0 Å².